The number of hydrogen-bond donors (Lipinski definition) is 0. The first-order chi connectivity index (χ1) is 12.1. The van der Waals surface area contributed by atoms with Gasteiger partial charge in [-0.2, -0.15) is 0 Å². The van der Waals surface area contributed by atoms with Crippen LogP contribution in [0.3, 0.4) is 0 Å². The number of halogens is 1. The van der Waals surface area contributed by atoms with Crippen molar-refractivity contribution < 1.29 is 9.13 Å². The van der Waals surface area contributed by atoms with Crippen LogP contribution in [0.1, 0.15) is 22.3 Å². The summed E-state index contributed by atoms with van der Waals surface area (Å²) in [5.41, 5.74) is 5.16. The zero-order chi connectivity index (χ0) is 17.6. The summed E-state index contributed by atoms with van der Waals surface area (Å²) in [6.45, 7) is 4.47. The highest BCUT2D eigenvalue weighted by atomic mass is 19.1. The van der Waals surface area contributed by atoms with E-state index in [2.05, 4.69) is 31.0 Å². The van der Waals surface area contributed by atoms with Gasteiger partial charge in [0.15, 0.2) is 0 Å². The Labute approximate surface area is 147 Å². The molecule has 0 saturated heterocycles. The van der Waals surface area contributed by atoms with Crippen molar-refractivity contribution in [2.45, 2.75) is 20.5 Å². The maximum atomic E-state index is 13.2. The highest BCUT2D eigenvalue weighted by Gasteiger charge is 1.99. The van der Waals surface area contributed by atoms with E-state index in [1.807, 2.05) is 42.6 Å². The molecule has 25 heavy (non-hydrogen) atoms. The van der Waals surface area contributed by atoms with Crippen LogP contribution in [0.2, 0.25) is 0 Å². The zero-order valence-corrected chi connectivity index (χ0v) is 14.4. The maximum Gasteiger partial charge on any atom is 0.123 e. The molecule has 3 rings (SSSR count). The summed E-state index contributed by atoms with van der Waals surface area (Å²) in [4.78, 5) is 4.54. The molecule has 3 aromatic carbocycles. The molecule has 3 aromatic rings. The molecule has 0 heterocycles. The molecule has 126 valence electrons. The van der Waals surface area contributed by atoms with Crippen molar-refractivity contribution in [3.63, 3.8) is 0 Å². The van der Waals surface area contributed by atoms with Crippen LogP contribution in [0.4, 0.5) is 10.1 Å². The Balaban J connectivity index is 1.63. The molecular formula is C22H20FNO. The van der Waals surface area contributed by atoms with Gasteiger partial charge in [-0.05, 0) is 73.0 Å². The molecule has 3 heteroatoms. The van der Waals surface area contributed by atoms with Crippen molar-refractivity contribution in [1.82, 2.24) is 0 Å². The molecule has 0 aliphatic heterocycles. The van der Waals surface area contributed by atoms with Gasteiger partial charge >= 0.3 is 0 Å². The van der Waals surface area contributed by atoms with E-state index < -0.39 is 0 Å². The second-order valence-electron chi connectivity index (χ2n) is 6.04. The van der Waals surface area contributed by atoms with Crippen molar-refractivity contribution in [3.05, 3.63) is 94.8 Å². The van der Waals surface area contributed by atoms with Gasteiger partial charge in [0.05, 0.1) is 5.69 Å². The first-order valence-electron chi connectivity index (χ1n) is 8.19. The molecule has 0 unspecified atom stereocenters. The van der Waals surface area contributed by atoms with Crippen LogP contribution in [0, 0.1) is 19.7 Å². The minimum Gasteiger partial charge on any atom is -0.489 e. The van der Waals surface area contributed by atoms with Gasteiger partial charge in [-0.3, -0.25) is 4.99 Å². The lowest BCUT2D eigenvalue weighted by Gasteiger charge is -2.06. The fourth-order valence-corrected chi connectivity index (χ4v) is 2.54. The Morgan fingerprint density at radius 3 is 2.48 bits per heavy atom. The first kappa shape index (κ1) is 16.9. The van der Waals surface area contributed by atoms with Crippen LogP contribution in [-0.4, -0.2) is 6.21 Å². The molecule has 0 atom stereocenters. The maximum absolute atomic E-state index is 13.2. The van der Waals surface area contributed by atoms with E-state index >= 15 is 0 Å². The Bertz CT molecular complexity index is 885. The lowest BCUT2D eigenvalue weighted by molar-refractivity contribution is 0.305. The molecule has 0 amide bonds. The summed E-state index contributed by atoms with van der Waals surface area (Å²) < 4.78 is 18.8. The molecule has 0 saturated carbocycles. The lowest BCUT2D eigenvalue weighted by atomic mass is 10.1. The Hall–Kier alpha value is -2.94. The van der Waals surface area contributed by atoms with E-state index in [1.165, 1.54) is 17.7 Å². The number of aryl methyl sites for hydroxylation is 2. The highest BCUT2D eigenvalue weighted by Crippen LogP contribution is 2.20. The standard InChI is InChI=1S/C22H20FNO/c1-16-6-11-22(17(2)12-16)24-14-18-7-9-21(10-8-18)25-15-19-4-3-5-20(23)13-19/h3-14H,15H2,1-2H3. The van der Waals surface area contributed by atoms with Crippen molar-refractivity contribution in [2.75, 3.05) is 0 Å². The van der Waals surface area contributed by atoms with Crippen LogP contribution < -0.4 is 4.74 Å². The largest absolute Gasteiger partial charge is 0.489 e. The quantitative estimate of drug-likeness (QED) is 0.543. The van der Waals surface area contributed by atoms with Crippen molar-refractivity contribution in [3.8, 4) is 5.75 Å². The smallest absolute Gasteiger partial charge is 0.123 e. The predicted octanol–water partition coefficient (Wildman–Crippen LogP) is 5.77. The Morgan fingerprint density at radius 1 is 0.960 bits per heavy atom. The van der Waals surface area contributed by atoms with Gasteiger partial charge in [-0.25, -0.2) is 4.39 Å². The van der Waals surface area contributed by atoms with E-state index in [1.54, 1.807) is 6.07 Å². The molecule has 0 radical (unpaired) electrons. The van der Waals surface area contributed by atoms with E-state index in [-0.39, 0.29) is 5.82 Å². The van der Waals surface area contributed by atoms with Crippen LogP contribution in [0.25, 0.3) is 0 Å². The molecule has 0 aliphatic carbocycles. The van der Waals surface area contributed by atoms with Gasteiger partial charge < -0.3 is 4.74 Å². The summed E-state index contributed by atoms with van der Waals surface area (Å²) in [6, 6.07) is 20.3. The van der Waals surface area contributed by atoms with Gasteiger partial charge in [-0.1, -0.05) is 29.8 Å². The summed E-state index contributed by atoms with van der Waals surface area (Å²) in [6.07, 6.45) is 1.84. The molecular weight excluding hydrogens is 313 g/mol. The summed E-state index contributed by atoms with van der Waals surface area (Å²) >= 11 is 0. The number of aliphatic imine (C=N–C) groups is 1. The number of ether oxygens (including phenoxy) is 1. The summed E-state index contributed by atoms with van der Waals surface area (Å²) in [7, 11) is 0. The minimum atomic E-state index is -0.251. The van der Waals surface area contributed by atoms with Crippen molar-refractivity contribution >= 4 is 11.9 Å². The predicted molar refractivity (Wildman–Crippen MR) is 100 cm³/mol. The molecule has 0 N–H and O–H groups in total. The number of rotatable bonds is 5. The molecule has 0 fully saturated rings. The molecule has 0 aromatic heterocycles. The van der Waals surface area contributed by atoms with Gasteiger partial charge in [0.25, 0.3) is 0 Å². The minimum absolute atomic E-state index is 0.251. The fourth-order valence-electron chi connectivity index (χ4n) is 2.54. The lowest BCUT2D eigenvalue weighted by Crippen LogP contribution is -1.96. The van der Waals surface area contributed by atoms with Crippen LogP contribution in [0.5, 0.6) is 5.75 Å². The van der Waals surface area contributed by atoms with Crippen molar-refractivity contribution in [1.29, 1.82) is 0 Å². The fraction of sp³-hybridized carbons (Fsp3) is 0.136. The van der Waals surface area contributed by atoms with E-state index in [0.717, 1.165) is 28.1 Å². The summed E-state index contributed by atoms with van der Waals surface area (Å²) in [5.74, 6) is 0.493. The summed E-state index contributed by atoms with van der Waals surface area (Å²) in [5, 5.41) is 0. The SMILES string of the molecule is Cc1ccc(N=Cc2ccc(OCc3cccc(F)c3)cc2)c(C)c1. The van der Waals surface area contributed by atoms with E-state index in [0.29, 0.717) is 6.61 Å². The second kappa shape index (κ2) is 7.75. The number of benzene rings is 3. The normalized spacial score (nSPS) is 11.0. The molecule has 0 aliphatic rings. The molecule has 2 nitrogen and oxygen atoms in total. The third kappa shape index (κ3) is 4.77. The third-order valence-corrected chi connectivity index (χ3v) is 3.88. The third-order valence-electron chi connectivity index (χ3n) is 3.88. The number of hydrogen-bond acceptors (Lipinski definition) is 2. The van der Waals surface area contributed by atoms with Crippen LogP contribution in [0.15, 0.2) is 71.7 Å². The molecule has 0 spiro atoms. The Kier molecular flexibility index (Phi) is 5.24. The van der Waals surface area contributed by atoms with E-state index in [4.69, 9.17) is 4.74 Å². The van der Waals surface area contributed by atoms with Crippen LogP contribution in [-0.2, 0) is 6.61 Å². The Morgan fingerprint density at radius 2 is 1.76 bits per heavy atom. The van der Waals surface area contributed by atoms with Gasteiger partial charge in [0.1, 0.15) is 18.2 Å². The zero-order valence-electron chi connectivity index (χ0n) is 14.4. The first-order valence-corrected chi connectivity index (χ1v) is 8.19. The van der Waals surface area contributed by atoms with Gasteiger partial charge in [-0.15, -0.1) is 0 Å². The topological polar surface area (TPSA) is 21.6 Å². The molecule has 0 bridgehead atoms. The van der Waals surface area contributed by atoms with Gasteiger partial charge in [0, 0.05) is 6.21 Å². The average Bonchev–Trinajstić information content (AvgIpc) is 2.60. The average molecular weight is 333 g/mol. The monoisotopic (exact) mass is 333 g/mol. The second-order valence-corrected chi connectivity index (χ2v) is 6.04. The number of nitrogens with zero attached hydrogens (tertiary/aromatic N) is 1. The van der Waals surface area contributed by atoms with Gasteiger partial charge in [0.2, 0.25) is 0 Å². The van der Waals surface area contributed by atoms with Crippen LogP contribution >= 0.6 is 0 Å². The van der Waals surface area contributed by atoms with E-state index in [9.17, 15) is 4.39 Å². The van der Waals surface area contributed by atoms with Crippen molar-refractivity contribution in [2.24, 2.45) is 4.99 Å². The highest BCUT2D eigenvalue weighted by molar-refractivity contribution is 5.82.